The molecule has 152 valence electrons. The largest absolute Gasteiger partial charge is 0.495 e. The van der Waals surface area contributed by atoms with Gasteiger partial charge in [-0.3, -0.25) is 24.5 Å². The monoisotopic (exact) mass is 393 g/mol. The molecule has 0 aliphatic carbocycles. The minimum absolute atomic E-state index is 0.0901. The lowest BCUT2D eigenvalue weighted by Crippen LogP contribution is -2.38. The number of amides is 2. The van der Waals surface area contributed by atoms with Gasteiger partial charge in [-0.2, -0.15) is 0 Å². The van der Waals surface area contributed by atoms with Crippen LogP contribution in [0.4, 0.5) is 11.4 Å². The molecule has 10 heteroatoms. The fourth-order valence-electron chi connectivity index (χ4n) is 2.79. The number of esters is 1. The number of carbonyl (C=O) groups is 3. The lowest BCUT2D eigenvalue weighted by atomic mass is 10.2. The average Bonchev–Trinajstić information content (AvgIpc) is 2.85. The minimum atomic E-state index is -1.15. The van der Waals surface area contributed by atoms with Gasteiger partial charge < -0.3 is 19.7 Å². The number of rotatable bonds is 7. The molecule has 1 aromatic carbocycles. The van der Waals surface area contributed by atoms with Crippen molar-refractivity contribution < 1.29 is 28.8 Å². The van der Waals surface area contributed by atoms with E-state index < -0.39 is 22.9 Å². The van der Waals surface area contributed by atoms with Gasteiger partial charge >= 0.3 is 5.97 Å². The number of non-ortho nitro benzene ring substituents is 1. The Labute approximate surface area is 161 Å². The minimum Gasteiger partial charge on any atom is -0.495 e. The van der Waals surface area contributed by atoms with Crippen LogP contribution in [0.2, 0.25) is 0 Å². The van der Waals surface area contributed by atoms with Crippen LogP contribution in [-0.2, 0) is 19.1 Å². The van der Waals surface area contributed by atoms with E-state index in [9.17, 15) is 24.5 Å². The first kappa shape index (κ1) is 21.1. The zero-order chi connectivity index (χ0) is 20.7. The van der Waals surface area contributed by atoms with Crippen LogP contribution in [0.25, 0.3) is 0 Å². The van der Waals surface area contributed by atoms with Crippen LogP contribution in [-0.4, -0.2) is 53.9 Å². The number of benzene rings is 1. The van der Waals surface area contributed by atoms with Gasteiger partial charge in [0.15, 0.2) is 6.10 Å². The van der Waals surface area contributed by atoms with E-state index in [4.69, 9.17) is 9.47 Å². The van der Waals surface area contributed by atoms with Crippen LogP contribution in [0.15, 0.2) is 18.2 Å². The van der Waals surface area contributed by atoms with E-state index in [1.807, 2.05) is 0 Å². The zero-order valence-electron chi connectivity index (χ0n) is 15.8. The summed E-state index contributed by atoms with van der Waals surface area (Å²) in [6, 6.07) is 3.76. The van der Waals surface area contributed by atoms with Gasteiger partial charge in [-0.15, -0.1) is 0 Å². The van der Waals surface area contributed by atoms with Crippen molar-refractivity contribution in [2.45, 2.75) is 38.7 Å². The highest BCUT2D eigenvalue weighted by Crippen LogP contribution is 2.29. The predicted octanol–water partition coefficient (Wildman–Crippen LogP) is 1.88. The molecule has 10 nitrogen and oxygen atoms in total. The molecule has 2 amide bonds. The molecule has 1 aromatic rings. The second-order valence-electron chi connectivity index (χ2n) is 6.39. The van der Waals surface area contributed by atoms with Crippen molar-refractivity contribution >= 4 is 29.2 Å². The summed E-state index contributed by atoms with van der Waals surface area (Å²) >= 11 is 0. The number of likely N-dealkylation sites (tertiary alicyclic amines) is 1. The van der Waals surface area contributed by atoms with Gasteiger partial charge in [0.2, 0.25) is 5.91 Å². The van der Waals surface area contributed by atoms with E-state index in [0.717, 1.165) is 25.3 Å². The highest BCUT2D eigenvalue weighted by atomic mass is 16.6. The topological polar surface area (TPSA) is 128 Å². The second kappa shape index (κ2) is 9.67. The molecule has 0 spiro atoms. The smallest absolute Gasteiger partial charge is 0.326 e. The zero-order valence-corrected chi connectivity index (χ0v) is 15.8. The summed E-state index contributed by atoms with van der Waals surface area (Å²) in [6.45, 7) is 1.65. The molecule has 1 N–H and O–H groups in total. The normalized spacial score (nSPS) is 15.4. The summed E-state index contributed by atoms with van der Waals surface area (Å²) in [4.78, 5) is 48.1. The van der Waals surface area contributed by atoms with Gasteiger partial charge in [-0.1, -0.05) is 6.42 Å². The molecule has 0 bridgehead atoms. The summed E-state index contributed by atoms with van der Waals surface area (Å²) in [5.41, 5.74) is -0.132. The van der Waals surface area contributed by atoms with Crippen LogP contribution >= 0.6 is 0 Å². The Morgan fingerprint density at radius 2 is 2.07 bits per heavy atom. The maximum Gasteiger partial charge on any atom is 0.326 e. The van der Waals surface area contributed by atoms with Gasteiger partial charge in [0.1, 0.15) is 12.3 Å². The number of methoxy groups -OCH3 is 1. The van der Waals surface area contributed by atoms with Crippen molar-refractivity contribution in [3.05, 3.63) is 28.3 Å². The van der Waals surface area contributed by atoms with Crippen LogP contribution in [0.3, 0.4) is 0 Å². The SMILES string of the molecule is COc1ccc([N+](=O)[O-])cc1NC(=O)[C@H](C)OC(=O)CN1CCCCCC1=O. The highest BCUT2D eigenvalue weighted by molar-refractivity contribution is 5.96. The molecule has 1 atom stereocenters. The Bertz CT molecular complexity index is 766. The number of hydrogen-bond acceptors (Lipinski definition) is 7. The first-order valence-electron chi connectivity index (χ1n) is 8.92. The number of nitro benzene ring substituents is 1. The Balaban J connectivity index is 1.97. The predicted molar refractivity (Wildman–Crippen MR) is 98.9 cm³/mol. The fourth-order valence-corrected chi connectivity index (χ4v) is 2.79. The Hall–Kier alpha value is -3.17. The van der Waals surface area contributed by atoms with Crippen molar-refractivity contribution in [2.75, 3.05) is 25.5 Å². The van der Waals surface area contributed by atoms with Crippen LogP contribution in [0.5, 0.6) is 5.75 Å². The quantitative estimate of drug-likeness (QED) is 0.425. The third kappa shape index (κ3) is 5.66. The molecule has 1 aliphatic rings. The van der Waals surface area contributed by atoms with Gasteiger partial charge in [-0.05, 0) is 25.8 Å². The number of nitrogens with one attached hydrogen (secondary N) is 1. The third-order valence-electron chi connectivity index (χ3n) is 4.32. The number of anilines is 1. The van der Waals surface area contributed by atoms with Gasteiger partial charge in [-0.25, -0.2) is 0 Å². The number of ether oxygens (including phenoxy) is 2. The summed E-state index contributed by atoms with van der Waals surface area (Å²) in [6.07, 6.45) is 1.80. The molecule has 2 rings (SSSR count). The fraction of sp³-hybridized carbons (Fsp3) is 0.500. The number of carbonyl (C=O) groups excluding carboxylic acids is 3. The summed E-state index contributed by atoms with van der Waals surface area (Å²) in [5.74, 6) is -1.24. The molecule has 0 saturated carbocycles. The van der Waals surface area contributed by atoms with E-state index >= 15 is 0 Å². The Morgan fingerprint density at radius 1 is 1.32 bits per heavy atom. The van der Waals surface area contributed by atoms with Crippen molar-refractivity contribution in [3.63, 3.8) is 0 Å². The molecular formula is C18H23N3O7. The summed E-state index contributed by atoms with van der Waals surface area (Å²) < 4.78 is 10.2. The first-order chi connectivity index (χ1) is 13.3. The molecule has 28 heavy (non-hydrogen) atoms. The molecule has 0 aromatic heterocycles. The van der Waals surface area contributed by atoms with Gasteiger partial charge in [0.05, 0.1) is 17.7 Å². The summed E-state index contributed by atoms with van der Waals surface area (Å²) in [7, 11) is 1.36. The van der Waals surface area contributed by atoms with Crippen molar-refractivity contribution in [3.8, 4) is 5.75 Å². The molecule has 1 fully saturated rings. The lowest BCUT2D eigenvalue weighted by Gasteiger charge is -2.21. The highest BCUT2D eigenvalue weighted by Gasteiger charge is 2.24. The average molecular weight is 393 g/mol. The van der Waals surface area contributed by atoms with E-state index in [1.54, 1.807) is 0 Å². The van der Waals surface area contributed by atoms with Gasteiger partial charge in [0.25, 0.3) is 11.6 Å². The van der Waals surface area contributed by atoms with E-state index in [1.165, 1.54) is 31.1 Å². The number of hydrogen-bond donors (Lipinski definition) is 1. The van der Waals surface area contributed by atoms with E-state index in [-0.39, 0.29) is 29.6 Å². The lowest BCUT2D eigenvalue weighted by molar-refractivity contribution is -0.384. The van der Waals surface area contributed by atoms with E-state index in [0.29, 0.717) is 13.0 Å². The molecule has 1 heterocycles. The Kier molecular flexibility index (Phi) is 7.30. The van der Waals surface area contributed by atoms with Crippen molar-refractivity contribution in [1.29, 1.82) is 0 Å². The Morgan fingerprint density at radius 3 is 2.75 bits per heavy atom. The van der Waals surface area contributed by atoms with E-state index in [2.05, 4.69) is 5.32 Å². The first-order valence-corrected chi connectivity index (χ1v) is 8.92. The molecule has 0 radical (unpaired) electrons. The summed E-state index contributed by atoms with van der Waals surface area (Å²) in [5, 5.41) is 13.4. The number of nitro groups is 1. The number of nitrogens with zero attached hydrogens (tertiary/aromatic N) is 2. The second-order valence-corrected chi connectivity index (χ2v) is 6.39. The molecule has 1 saturated heterocycles. The van der Waals surface area contributed by atoms with Crippen LogP contribution in [0, 0.1) is 10.1 Å². The maximum atomic E-state index is 12.3. The van der Waals surface area contributed by atoms with Crippen LogP contribution in [0.1, 0.15) is 32.6 Å². The van der Waals surface area contributed by atoms with Crippen molar-refractivity contribution in [2.24, 2.45) is 0 Å². The van der Waals surface area contributed by atoms with Crippen molar-refractivity contribution in [1.82, 2.24) is 4.90 Å². The van der Waals surface area contributed by atoms with Crippen LogP contribution < -0.4 is 10.1 Å². The molecule has 1 aliphatic heterocycles. The molecule has 0 unspecified atom stereocenters. The molecular weight excluding hydrogens is 370 g/mol. The third-order valence-corrected chi connectivity index (χ3v) is 4.32. The maximum absolute atomic E-state index is 12.3. The standard InChI is InChI=1S/C18H23N3O7/c1-12(28-17(23)11-20-9-5-3-4-6-16(20)22)18(24)19-14-10-13(21(25)26)7-8-15(14)27-2/h7-8,10,12H,3-6,9,11H2,1-2H3,(H,19,24)/t12-/m0/s1. The van der Waals surface area contributed by atoms with Gasteiger partial charge in [0, 0.05) is 25.1 Å².